The highest BCUT2D eigenvalue weighted by molar-refractivity contribution is 6.01. The maximum Gasteiger partial charge on any atom is 0.573 e. The fourth-order valence-corrected chi connectivity index (χ4v) is 3.42. The van der Waals surface area contributed by atoms with Gasteiger partial charge >= 0.3 is 6.36 Å². The van der Waals surface area contributed by atoms with Crippen LogP contribution in [0.3, 0.4) is 0 Å². The third-order valence-electron chi connectivity index (χ3n) is 4.80. The number of methoxy groups -OCH3 is 1. The monoisotopic (exact) mass is 422 g/mol. The lowest BCUT2D eigenvalue weighted by Gasteiger charge is -2.22. The van der Waals surface area contributed by atoms with Crippen LogP contribution in [0.1, 0.15) is 12.0 Å². The first-order valence-electron chi connectivity index (χ1n) is 9.21. The average Bonchev–Trinajstić information content (AvgIpc) is 3.09. The van der Waals surface area contributed by atoms with E-state index in [4.69, 9.17) is 4.74 Å². The number of rotatable bonds is 6. The standard InChI is InChI=1S/C21H21F3N2O4/c1-25(12-14-7-9-16(10-8-14)30-21(22,23)24)20(28)15-11-19(27)26(13-15)17-5-3-4-6-18(17)29-2/h3-10,15H,11-13H2,1-2H3. The van der Waals surface area contributed by atoms with E-state index in [0.29, 0.717) is 17.0 Å². The van der Waals surface area contributed by atoms with Crippen LogP contribution in [0.25, 0.3) is 0 Å². The van der Waals surface area contributed by atoms with Gasteiger partial charge in [-0.25, -0.2) is 0 Å². The number of alkyl halides is 3. The second-order valence-corrected chi connectivity index (χ2v) is 6.96. The Labute approximate surface area is 171 Å². The minimum absolute atomic E-state index is 0.0829. The SMILES string of the molecule is COc1ccccc1N1CC(C(=O)N(C)Cc2ccc(OC(F)(F)F)cc2)CC1=O. The van der Waals surface area contributed by atoms with Crippen LogP contribution in [0, 0.1) is 5.92 Å². The Morgan fingerprint density at radius 1 is 1.17 bits per heavy atom. The van der Waals surface area contributed by atoms with Crippen LogP contribution in [0.2, 0.25) is 0 Å². The second kappa shape index (κ2) is 8.64. The number of amides is 2. The van der Waals surface area contributed by atoms with Crippen molar-refractivity contribution in [3.8, 4) is 11.5 Å². The van der Waals surface area contributed by atoms with Gasteiger partial charge in [0, 0.05) is 26.6 Å². The van der Waals surface area contributed by atoms with Crippen molar-refractivity contribution < 1.29 is 32.2 Å². The molecule has 1 atom stereocenters. The molecule has 160 valence electrons. The van der Waals surface area contributed by atoms with E-state index in [1.165, 1.54) is 36.3 Å². The molecular weight excluding hydrogens is 401 g/mol. The van der Waals surface area contributed by atoms with Crippen molar-refractivity contribution >= 4 is 17.5 Å². The minimum Gasteiger partial charge on any atom is -0.495 e. The molecule has 30 heavy (non-hydrogen) atoms. The van der Waals surface area contributed by atoms with Crippen molar-refractivity contribution in [1.82, 2.24) is 4.90 Å². The molecule has 0 spiro atoms. The number of carbonyl (C=O) groups is 2. The molecule has 1 saturated heterocycles. The number of halogens is 3. The molecule has 0 radical (unpaired) electrons. The number of anilines is 1. The zero-order valence-corrected chi connectivity index (χ0v) is 16.5. The minimum atomic E-state index is -4.75. The molecule has 0 aromatic heterocycles. The van der Waals surface area contributed by atoms with Gasteiger partial charge in [0.1, 0.15) is 11.5 Å². The third-order valence-corrected chi connectivity index (χ3v) is 4.80. The summed E-state index contributed by atoms with van der Waals surface area (Å²) >= 11 is 0. The molecule has 0 aliphatic carbocycles. The van der Waals surface area contributed by atoms with Crippen molar-refractivity contribution in [2.45, 2.75) is 19.3 Å². The van der Waals surface area contributed by atoms with Crippen molar-refractivity contribution in [1.29, 1.82) is 0 Å². The summed E-state index contributed by atoms with van der Waals surface area (Å²) in [6, 6.07) is 12.4. The van der Waals surface area contributed by atoms with E-state index in [0.717, 1.165) is 0 Å². The quantitative estimate of drug-likeness (QED) is 0.714. The smallest absolute Gasteiger partial charge is 0.495 e. The van der Waals surface area contributed by atoms with Gasteiger partial charge in [0.05, 0.1) is 18.7 Å². The molecule has 1 heterocycles. The van der Waals surface area contributed by atoms with Crippen molar-refractivity contribution in [3.05, 3.63) is 54.1 Å². The van der Waals surface area contributed by atoms with Crippen LogP contribution in [0.4, 0.5) is 18.9 Å². The summed E-state index contributed by atoms with van der Waals surface area (Å²) in [5, 5.41) is 0. The van der Waals surface area contributed by atoms with Gasteiger partial charge in [-0.05, 0) is 29.8 Å². The highest BCUT2D eigenvalue weighted by atomic mass is 19.4. The summed E-state index contributed by atoms with van der Waals surface area (Å²) in [5.41, 5.74) is 1.26. The molecule has 2 amide bonds. The molecule has 0 bridgehead atoms. The summed E-state index contributed by atoms with van der Waals surface area (Å²) in [6.07, 6.45) is -4.67. The Hall–Kier alpha value is -3.23. The highest BCUT2D eigenvalue weighted by Crippen LogP contribution is 2.33. The van der Waals surface area contributed by atoms with E-state index in [1.54, 1.807) is 36.2 Å². The number of hydrogen-bond acceptors (Lipinski definition) is 4. The van der Waals surface area contributed by atoms with E-state index >= 15 is 0 Å². The molecule has 1 aliphatic rings. The number of carbonyl (C=O) groups excluding carboxylic acids is 2. The number of ether oxygens (including phenoxy) is 2. The number of para-hydroxylation sites is 2. The molecule has 0 saturated carbocycles. The van der Waals surface area contributed by atoms with Gasteiger partial charge < -0.3 is 19.3 Å². The molecule has 2 aromatic carbocycles. The van der Waals surface area contributed by atoms with Crippen molar-refractivity contribution in [3.63, 3.8) is 0 Å². The lowest BCUT2D eigenvalue weighted by Crippen LogP contribution is -2.34. The lowest BCUT2D eigenvalue weighted by atomic mass is 10.1. The first-order valence-corrected chi connectivity index (χ1v) is 9.21. The highest BCUT2D eigenvalue weighted by Gasteiger charge is 2.37. The van der Waals surface area contributed by atoms with Gasteiger partial charge in [0.15, 0.2) is 0 Å². The average molecular weight is 422 g/mol. The van der Waals surface area contributed by atoms with Gasteiger partial charge in [-0.15, -0.1) is 13.2 Å². The molecule has 3 rings (SSSR count). The molecule has 1 fully saturated rings. The first kappa shape index (κ1) is 21.5. The summed E-state index contributed by atoms with van der Waals surface area (Å²) in [5.74, 6) is -0.668. The van der Waals surface area contributed by atoms with Crippen molar-refractivity contribution in [2.75, 3.05) is 25.6 Å². The van der Waals surface area contributed by atoms with E-state index in [9.17, 15) is 22.8 Å². The summed E-state index contributed by atoms with van der Waals surface area (Å²) in [6.45, 7) is 0.436. The van der Waals surface area contributed by atoms with E-state index in [2.05, 4.69) is 4.74 Å². The molecule has 0 N–H and O–H groups in total. The van der Waals surface area contributed by atoms with E-state index < -0.39 is 12.3 Å². The fraction of sp³-hybridized carbons (Fsp3) is 0.333. The molecule has 1 aliphatic heterocycles. The van der Waals surface area contributed by atoms with Gasteiger partial charge in [0.25, 0.3) is 0 Å². The topological polar surface area (TPSA) is 59.1 Å². The summed E-state index contributed by atoms with van der Waals surface area (Å²) in [4.78, 5) is 28.3. The molecular formula is C21H21F3N2O4. The Morgan fingerprint density at radius 3 is 2.47 bits per heavy atom. The Morgan fingerprint density at radius 2 is 1.83 bits per heavy atom. The van der Waals surface area contributed by atoms with Gasteiger partial charge in [0.2, 0.25) is 11.8 Å². The van der Waals surface area contributed by atoms with Gasteiger partial charge in [-0.1, -0.05) is 24.3 Å². The van der Waals surface area contributed by atoms with Crippen LogP contribution in [0.15, 0.2) is 48.5 Å². The van der Waals surface area contributed by atoms with E-state index in [-0.39, 0.29) is 37.1 Å². The van der Waals surface area contributed by atoms with E-state index in [1.807, 2.05) is 0 Å². The summed E-state index contributed by atoms with van der Waals surface area (Å²) < 4.78 is 45.9. The third kappa shape index (κ3) is 5.03. The lowest BCUT2D eigenvalue weighted by molar-refractivity contribution is -0.274. The van der Waals surface area contributed by atoms with Crippen LogP contribution >= 0.6 is 0 Å². The Kier molecular flexibility index (Phi) is 6.19. The Bertz CT molecular complexity index is 915. The number of nitrogens with zero attached hydrogens (tertiary/aromatic N) is 2. The second-order valence-electron chi connectivity index (χ2n) is 6.96. The molecule has 9 heteroatoms. The zero-order chi connectivity index (χ0) is 21.9. The predicted octanol–water partition coefficient (Wildman–Crippen LogP) is 3.61. The zero-order valence-electron chi connectivity index (χ0n) is 16.5. The largest absolute Gasteiger partial charge is 0.573 e. The normalized spacial score (nSPS) is 16.5. The van der Waals surface area contributed by atoms with Crippen LogP contribution in [-0.4, -0.2) is 43.8 Å². The van der Waals surface area contributed by atoms with Crippen LogP contribution < -0.4 is 14.4 Å². The van der Waals surface area contributed by atoms with Gasteiger partial charge in [-0.2, -0.15) is 0 Å². The summed E-state index contributed by atoms with van der Waals surface area (Å²) in [7, 11) is 3.11. The molecule has 1 unspecified atom stereocenters. The molecule has 6 nitrogen and oxygen atoms in total. The Balaban J connectivity index is 1.63. The maximum atomic E-state index is 12.8. The fourth-order valence-electron chi connectivity index (χ4n) is 3.42. The van der Waals surface area contributed by atoms with Gasteiger partial charge in [-0.3, -0.25) is 9.59 Å². The maximum absolute atomic E-state index is 12.8. The van der Waals surface area contributed by atoms with Crippen LogP contribution in [-0.2, 0) is 16.1 Å². The predicted molar refractivity (Wildman–Crippen MR) is 103 cm³/mol. The number of hydrogen-bond donors (Lipinski definition) is 0. The number of benzene rings is 2. The molecule has 2 aromatic rings. The first-order chi connectivity index (χ1) is 14.2. The van der Waals surface area contributed by atoms with Crippen LogP contribution in [0.5, 0.6) is 11.5 Å². The van der Waals surface area contributed by atoms with Crippen molar-refractivity contribution in [2.24, 2.45) is 5.92 Å².